The van der Waals surface area contributed by atoms with E-state index in [0.717, 1.165) is 5.56 Å². The Labute approximate surface area is 101 Å². The topological polar surface area (TPSA) is 49.3 Å². The Morgan fingerprint density at radius 1 is 1.47 bits per heavy atom. The highest BCUT2D eigenvalue weighted by Crippen LogP contribution is 2.13. The van der Waals surface area contributed by atoms with Crippen LogP contribution in [0.2, 0.25) is 0 Å². The van der Waals surface area contributed by atoms with Crippen LogP contribution in [0.25, 0.3) is 0 Å². The molecule has 1 aromatic rings. The zero-order valence-corrected chi connectivity index (χ0v) is 10.2. The van der Waals surface area contributed by atoms with Gasteiger partial charge in [-0.3, -0.25) is 4.79 Å². The van der Waals surface area contributed by atoms with Gasteiger partial charge in [0, 0.05) is 6.54 Å². The van der Waals surface area contributed by atoms with Gasteiger partial charge in [-0.05, 0) is 44.5 Å². The summed E-state index contributed by atoms with van der Waals surface area (Å²) in [6, 6.07) is 6.42. The van der Waals surface area contributed by atoms with E-state index < -0.39 is 11.4 Å². The second-order valence-electron chi connectivity index (χ2n) is 4.75. The van der Waals surface area contributed by atoms with Crippen molar-refractivity contribution in [3.8, 4) is 0 Å². The number of carboxylic acids is 1. The van der Waals surface area contributed by atoms with Crippen LogP contribution in [0.5, 0.6) is 0 Å². The van der Waals surface area contributed by atoms with Crippen molar-refractivity contribution in [3.63, 3.8) is 0 Å². The van der Waals surface area contributed by atoms with Crippen molar-refractivity contribution >= 4 is 5.97 Å². The fourth-order valence-corrected chi connectivity index (χ4v) is 1.40. The van der Waals surface area contributed by atoms with Gasteiger partial charge in [-0.15, -0.1) is 0 Å². The summed E-state index contributed by atoms with van der Waals surface area (Å²) in [4.78, 5) is 10.8. The van der Waals surface area contributed by atoms with Crippen molar-refractivity contribution in [1.82, 2.24) is 5.32 Å². The first-order valence-electron chi connectivity index (χ1n) is 5.60. The van der Waals surface area contributed by atoms with Gasteiger partial charge in [0.15, 0.2) is 0 Å². The molecule has 0 unspecified atom stereocenters. The van der Waals surface area contributed by atoms with E-state index in [9.17, 15) is 9.18 Å². The first-order chi connectivity index (χ1) is 7.92. The Morgan fingerprint density at radius 3 is 2.76 bits per heavy atom. The summed E-state index contributed by atoms with van der Waals surface area (Å²) in [5.74, 6) is -1.07. The Balaban J connectivity index is 2.32. The van der Waals surface area contributed by atoms with Gasteiger partial charge >= 0.3 is 5.97 Å². The smallest absolute Gasteiger partial charge is 0.310 e. The Morgan fingerprint density at radius 2 is 2.18 bits per heavy atom. The van der Waals surface area contributed by atoms with Gasteiger partial charge in [-0.1, -0.05) is 12.1 Å². The third-order valence-corrected chi connectivity index (χ3v) is 2.63. The average Bonchev–Trinajstić information content (AvgIpc) is 2.24. The molecule has 1 aromatic carbocycles. The summed E-state index contributed by atoms with van der Waals surface area (Å²) in [5.41, 5.74) is 0.132. The number of carboxylic acid groups (broad SMARTS) is 1. The molecule has 2 N–H and O–H groups in total. The summed E-state index contributed by atoms with van der Waals surface area (Å²) >= 11 is 0. The van der Waals surface area contributed by atoms with E-state index in [2.05, 4.69) is 5.32 Å². The van der Waals surface area contributed by atoms with Gasteiger partial charge in [-0.25, -0.2) is 4.39 Å². The molecule has 0 aliphatic rings. The van der Waals surface area contributed by atoms with Crippen molar-refractivity contribution < 1.29 is 14.3 Å². The minimum atomic E-state index is -0.823. The highest BCUT2D eigenvalue weighted by atomic mass is 19.1. The van der Waals surface area contributed by atoms with Crippen molar-refractivity contribution in [2.24, 2.45) is 5.41 Å². The number of rotatable bonds is 6. The molecule has 0 spiro atoms. The molecule has 1 rings (SSSR count). The second kappa shape index (κ2) is 5.77. The minimum Gasteiger partial charge on any atom is -0.481 e. The highest BCUT2D eigenvalue weighted by Gasteiger charge is 2.26. The van der Waals surface area contributed by atoms with Gasteiger partial charge in [0.25, 0.3) is 0 Å². The lowest BCUT2D eigenvalue weighted by atomic mass is 9.94. The fourth-order valence-electron chi connectivity index (χ4n) is 1.40. The lowest BCUT2D eigenvalue weighted by Gasteiger charge is -2.19. The van der Waals surface area contributed by atoms with Crippen molar-refractivity contribution in [2.45, 2.75) is 20.3 Å². The molecule has 94 valence electrons. The van der Waals surface area contributed by atoms with Crippen LogP contribution in [-0.4, -0.2) is 24.2 Å². The van der Waals surface area contributed by atoms with Crippen LogP contribution in [0.15, 0.2) is 24.3 Å². The van der Waals surface area contributed by atoms with Gasteiger partial charge in [-0.2, -0.15) is 0 Å². The van der Waals surface area contributed by atoms with Crippen LogP contribution in [-0.2, 0) is 11.2 Å². The van der Waals surface area contributed by atoms with E-state index >= 15 is 0 Å². The van der Waals surface area contributed by atoms with Gasteiger partial charge in [0.05, 0.1) is 5.41 Å². The molecule has 0 aliphatic heterocycles. The van der Waals surface area contributed by atoms with Crippen LogP contribution in [0.1, 0.15) is 19.4 Å². The first-order valence-corrected chi connectivity index (χ1v) is 5.60. The predicted octanol–water partition coefficient (Wildman–Crippen LogP) is 2.07. The number of benzene rings is 1. The normalized spacial score (nSPS) is 11.5. The van der Waals surface area contributed by atoms with E-state index in [1.807, 2.05) is 6.07 Å². The fraction of sp³-hybridized carbons (Fsp3) is 0.462. The third kappa shape index (κ3) is 4.53. The molecule has 4 heteroatoms. The SMILES string of the molecule is CC(C)(CNCCc1cccc(F)c1)C(=O)O. The van der Waals surface area contributed by atoms with Gasteiger partial charge < -0.3 is 10.4 Å². The molecule has 0 aliphatic carbocycles. The predicted molar refractivity (Wildman–Crippen MR) is 64.4 cm³/mol. The zero-order valence-electron chi connectivity index (χ0n) is 10.2. The molecule has 0 radical (unpaired) electrons. The number of hydrogen-bond donors (Lipinski definition) is 2. The van der Waals surface area contributed by atoms with Crippen LogP contribution >= 0.6 is 0 Å². The number of nitrogens with one attached hydrogen (secondary N) is 1. The summed E-state index contributed by atoms with van der Waals surface area (Å²) in [6.45, 7) is 4.38. The number of aliphatic carboxylic acids is 1. The number of halogens is 1. The van der Waals surface area contributed by atoms with Crippen LogP contribution in [0.4, 0.5) is 4.39 Å². The monoisotopic (exact) mass is 239 g/mol. The first kappa shape index (κ1) is 13.6. The number of carbonyl (C=O) groups is 1. The summed E-state index contributed by atoms with van der Waals surface area (Å²) < 4.78 is 12.9. The standard InChI is InChI=1S/C13H18FNO2/c1-13(2,12(16)17)9-15-7-6-10-4-3-5-11(14)8-10/h3-5,8,15H,6-7,9H2,1-2H3,(H,16,17). The molecule has 0 fully saturated rings. The second-order valence-corrected chi connectivity index (χ2v) is 4.75. The van der Waals surface area contributed by atoms with E-state index in [4.69, 9.17) is 5.11 Å². The van der Waals surface area contributed by atoms with Crippen LogP contribution in [0, 0.1) is 11.2 Å². The van der Waals surface area contributed by atoms with Crippen LogP contribution < -0.4 is 5.32 Å². The maximum Gasteiger partial charge on any atom is 0.310 e. The third-order valence-electron chi connectivity index (χ3n) is 2.63. The minimum absolute atomic E-state index is 0.242. The largest absolute Gasteiger partial charge is 0.481 e. The van der Waals surface area contributed by atoms with Crippen molar-refractivity contribution in [1.29, 1.82) is 0 Å². The Bertz CT molecular complexity index is 391. The van der Waals surface area contributed by atoms with E-state index in [0.29, 0.717) is 19.5 Å². The maximum absolute atomic E-state index is 12.9. The maximum atomic E-state index is 12.9. The lowest BCUT2D eigenvalue weighted by Crippen LogP contribution is -2.36. The van der Waals surface area contributed by atoms with Crippen LogP contribution in [0.3, 0.4) is 0 Å². The molecule has 0 amide bonds. The van der Waals surface area contributed by atoms with Gasteiger partial charge in [0.2, 0.25) is 0 Å². The summed E-state index contributed by atoms with van der Waals surface area (Å²) in [6.07, 6.45) is 0.688. The molecular formula is C13H18FNO2. The van der Waals surface area contributed by atoms with E-state index in [-0.39, 0.29) is 5.82 Å². The van der Waals surface area contributed by atoms with E-state index in [1.165, 1.54) is 12.1 Å². The quantitative estimate of drug-likeness (QED) is 0.747. The molecule has 0 bridgehead atoms. The zero-order chi connectivity index (χ0) is 12.9. The molecule has 17 heavy (non-hydrogen) atoms. The lowest BCUT2D eigenvalue weighted by molar-refractivity contribution is -0.146. The summed E-state index contributed by atoms with van der Waals surface area (Å²) in [5, 5.41) is 12.0. The molecular weight excluding hydrogens is 221 g/mol. The highest BCUT2D eigenvalue weighted by molar-refractivity contribution is 5.73. The molecule has 0 atom stereocenters. The Hall–Kier alpha value is -1.42. The average molecular weight is 239 g/mol. The Kier molecular flexibility index (Phi) is 4.63. The molecule has 0 saturated heterocycles. The van der Waals surface area contributed by atoms with Crippen molar-refractivity contribution in [2.75, 3.05) is 13.1 Å². The van der Waals surface area contributed by atoms with E-state index in [1.54, 1.807) is 19.9 Å². The summed E-state index contributed by atoms with van der Waals surface area (Å²) in [7, 11) is 0. The molecule has 0 saturated carbocycles. The van der Waals surface area contributed by atoms with Crippen molar-refractivity contribution in [3.05, 3.63) is 35.6 Å². The molecule has 0 aromatic heterocycles. The number of hydrogen-bond acceptors (Lipinski definition) is 2. The molecule has 3 nitrogen and oxygen atoms in total. The molecule has 0 heterocycles. The van der Waals surface area contributed by atoms with Gasteiger partial charge in [0.1, 0.15) is 5.82 Å².